The van der Waals surface area contributed by atoms with Crippen molar-refractivity contribution in [2.45, 2.75) is 38.3 Å². The number of hydrogen-bond acceptors (Lipinski definition) is 6. The van der Waals surface area contributed by atoms with Crippen molar-refractivity contribution >= 4 is 34.4 Å². The lowest BCUT2D eigenvalue weighted by Gasteiger charge is -2.37. The van der Waals surface area contributed by atoms with Crippen LogP contribution in [-0.2, 0) is 9.59 Å². The highest BCUT2D eigenvalue weighted by atomic mass is 32.2. The van der Waals surface area contributed by atoms with E-state index in [2.05, 4.69) is 10.6 Å². The Hall–Kier alpha value is -3.52. The number of fused-ring (bicyclic) bond motifs is 1. The average molecular weight is 475 g/mol. The van der Waals surface area contributed by atoms with E-state index in [1.54, 1.807) is 7.11 Å². The van der Waals surface area contributed by atoms with E-state index in [0.717, 1.165) is 29.3 Å². The Morgan fingerprint density at radius 1 is 1.12 bits per heavy atom. The summed E-state index contributed by atoms with van der Waals surface area (Å²) in [7, 11) is 1.62. The second-order valence-electron chi connectivity index (χ2n) is 8.47. The number of thioether (sulfide) groups is 1. The van der Waals surface area contributed by atoms with Gasteiger partial charge in [0.25, 0.3) is 5.91 Å². The molecule has 1 fully saturated rings. The Morgan fingerprint density at radius 3 is 2.59 bits per heavy atom. The fourth-order valence-electron chi connectivity index (χ4n) is 4.24. The van der Waals surface area contributed by atoms with Gasteiger partial charge in [0.15, 0.2) is 5.17 Å². The SMILES string of the molecule is COc1ccccc1C1C(C(=O)Nc2ccccc2)=C(C)N=C2SC=C(CC(=O)NC3CC3)N21. The van der Waals surface area contributed by atoms with Crippen LogP contribution in [0.1, 0.15) is 37.8 Å². The highest BCUT2D eigenvalue weighted by molar-refractivity contribution is 8.16. The number of amides is 2. The summed E-state index contributed by atoms with van der Waals surface area (Å²) in [5.41, 5.74) is 3.52. The molecule has 0 radical (unpaired) electrons. The molecular weight excluding hydrogens is 448 g/mol. The normalized spacial score (nSPS) is 19.2. The molecule has 0 spiro atoms. The molecule has 0 saturated heterocycles. The maximum absolute atomic E-state index is 13.6. The van der Waals surface area contributed by atoms with Crippen LogP contribution in [0.3, 0.4) is 0 Å². The van der Waals surface area contributed by atoms with Gasteiger partial charge in [-0.15, -0.1) is 0 Å². The molecule has 2 heterocycles. The molecule has 0 bridgehead atoms. The molecule has 2 aliphatic heterocycles. The zero-order valence-corrected chi connectivity index (χ0v) is 19.9. The molecule has 7 nitrogen and oxygen atoms in total. The average Bonchev–Trinajstić information content (AvgIpc) is 3.57. The Morgan fingerprint density at radius 2 is 1.85 bits per heavy atom. The summed E-state index contributed by atoms with van der Waals surface area (Å²) in [6.07, 6.45) is 2.29. The lowest BCUT2D eigenvalue weighted by atomic mass is 9.92. The zero-order valence-electron chi connectivity index (χ0n) is 19.1. The number of nitrogens with one attached hydrogen (secondary N) is 2. The summed E-state index contributed by atoms with van der Waals surface area (Å²) < 4.78 is 5.68. The number of amidine groups is 1. The van der Waals surface area contributed by atoms with Crippen molar-refractivity contribution in [1.29, 1.82) is 0 Å². The minimum atomic E-state index is -0.484. The van der Waals surface area contributed by atoms with E-state index in [-0.39, 0.29) is 24.3 Å². The Bertz CT molecular complexity index is 1220. The summed E-state index contributed by atoms with van der Waals surface area (Å²) in [5, 5.41) is 8.77. The van der Waals surface area contributed by atoms with Gasteiger partial charge in [-0.1, -0.05) is 48.2 Å². The number of aliphatic imine (C=N–C) groups is 1. The van der Waals surface area contributed by atoms with Gasteiger partial charge in [0.1, 0.15) is 5.75 Å². The zero-order chi connectivity index (χ0) is 23.7. The van der Waals surface area contributed by atoms with Crippen LogP contribution >= 0.6 is 11.8 Å². The molecule has 1 unspecified atom stereocenters. The molecule has 1 saturated carbocycles. The van der Waals surface area contributed by atoms with Gasteiger partial charge in [-0.2, -0.15) is 0 Å². The second kappa shape index (κ2) is 9.38. The monoisotopic (exact) mass is 474 g/mol. The first-order valence-electron chi connectivity index (χ1n) is 11.3. The first-order valence-corrected chi connectivity index (χ1v) is 12.2. The number of benzene rings is 2. The van der Waals surface area contributed by atoms with Crippen LogP contribution < -0.4 is 15.4 Å². The maximum atomic E-state index is 13.6. The molecule has 8 heteroatoms. The number of rotatable bonds is 7. The van der Waals surface area contributed by atoms with Gasteiger partial charge in [-0.05, 0) is 43.4 Å². The molecule has 174 valence electrons. The van der Waals surface area contributed by atoms with Crippen molar-refractivity contribution in [3.05, 3.63) is 82.5 Å². The lowest BCUT2D eigenvalue weighted by Crippen LogP contribution is -2.39. The largest absolute Gasteiger partial charge is 0.496 e. The summed E-state index contributed by atoms with van der Waals surface area (Å²) in [5.74, 6) is 0.419. The van der Waals surface area contributed by atoms with Crippen molar-refractivity contribution in [3.63, 3.8) is 0 Å². The number of para-hydroxylation sites is 2. The van der Waals surface area contributed by atoms with Crippen molar-refractivity contribution in [2.24, 2.45) is 4.99 Å². The summed E-state index contributed by atoms with van der Waals surface area (Å²) in [4.78, 5) is 33.0. The molecule has 34 heavy (non-hydrogen) atoms. The molecule has 2 aromatic rings. The first kappa shape index (κ1) is 22.3. The molecule has 3 aliphatic rings. The molecule has 2 aromatic carbocycles. The second-order valence-corrected chi connectivity index (χ2v) is 9.31. The highest BCUT2D eigenvalue weighted by Gasteiger charge is 2.41. The first-order chi connectivity index (χ1) is 16.5. The molecule has 1 aliphatic carbocycles. The third-order valence-electron chi connectivity index (χ3n) is 5.99. The van der Waals surface area contributed by atoms with Gasteiger partial charge in [0.2, 0.25) is 5.91 Å². The van der Waals surface area contributed by atoms with Crippen LogP contribution in [0.2, 0.25) is 0 Å². The van der Waals surface area contributed by atoms with Gasteiger partial charge in [-0.3, -0.25) is 9.59 Å². The molecule has 0 aromatic heterocycles. The number of methoxy groups -OCH3 is 1. The van der Waals surface area contributed by atoms with E-state index in [1.807, 2.05) is 71.8 Å². The summed E-state index contributed by atoms with van der Waals surface area (Å²) in [6.45, 7) is 1.85. The summed E-state index contributed by atoms with van der Waals surface area (Å²) in [6, 6.07) is 16.8. The van der Waals surface area contributed by atoms with Crippen LogP contribution in [0.4, 0.5) is 5.69 Å². The number of anilines is 1. The molecule has 5 rings (SSSR count). The standard InChI is InChI=1S/C26H26N4O3S/c1-16-23(25(32)29-17-8-4-3-5-9-17)24(20-10-6-7-11-21(20)33-2)30-19(15-34-26(30)27-16)14-22(31)28-18-12-13-18/h3-11,15,18,24H,12-14H2,1-2H3,(H,28,31)(H,29,32). The van der Waals surface area contributed by atoms with Crippen molar-refractivity contribution in [2.75, 3.05) is 12.4 Å². The van der Waals surface area contributed by atoms with E-state index in [0.29, 0.717) is 22.7 Å². The Kier molecular flexibility index (Phi) is 6.15. The van der Waals surface area contributed by atoms with Crippen molar-refractivity contribution < 1.29 is 14.3 Å². The van der Waals surface area contributed by atoms with Gasteiger partial charge in [0, 0.05) is 23.0 Å². The van der Waals surface area contributed by atoms with Crippen LogP contribution in [-0.4, -0.2) is 35.0 Å². The third kappa shape index (κ3) is 4.46. The van der Waals surface area contributed by atoms with Crippen molar-refractivity contribution in [3.8, 4) is 5.75 Å². The number of hydrogen-bond donors (Lipinski definition) is 2. The number of nitrogens with zero attached hydrogens (tertiary/aromatic N) is 2. The molecular formula is C26H26N4O3S. The third-order valence-corrected chi connectivity index (χ3v) is 6.88. The van der Waals surface area contributed by atoms with Gasteiger partial charge in [0.05, 0.1) is 30.8 Å². The number of carbonyl (C=O) groups is 2. The number of allylic oxidation sites excluding steroid dienone is 1. The van der Waals surface area contributed by atoms with Crippen LogP contribution in [0, 0.1) is 0 Å². The van der Waals surface area contributed by atoms with E-state index in [9.17, 15) is 9.59 Å². The Balaban J connectivity index is 1.54. The van der Waals surface area contributed by atoms with Gasteiger partial charge in [-0.25, -0.2) is 4.99 Å². The smallest absolute Gasteiger partial charge is 0.255 e. The predicted molar refractivity (Wildman–Crippen MR) is 134 cm³/mol. The number of ether oxygens (including phenoxy) is 1. The predicted octanol–water partition coefficient (Wildman–Crippen LogP) is 4.58. The fourth-order valence-corrected chi connectivity index (χ4v) is 5.20. The number of carbonyl (C=O) groups excluding carboxylic acids is 2. The minimum Gasteiger partial charge on any atom is -0.496 e. The quantitative estimate of drug-likeness (QED) is 0.614. The van der Waals surface area contributed by atoms with Crippen LogP contribution in [0.25, 0.3) is 0 Å². The van der Waals surface area contributed by atoms with Gasteiger partial charge >= 0.3 is 0 Å². The summed E-state index contributed by atoms with van der Waals surface area (Å²) >= 11 is 1.47. The van der Waals surface area contributed by atoms with Crippen LogP contribution in [0.5, 0.6) is 5.75 Å². The van der Waals surface area contributed by atoms with Gasteiger partial charge < -0.3 is 20.3 Å². The Labute approximate surface area is 203 Å². The highest BCUT2D eigenvalue weighted by Crippen LogP contribution is 2.46. The van der Waals surface area contributed by atoms with Crippen molar-refractivity contribution in [1.82, 2.24) is 10.2 Å². The maximum Gasteiger partial charge on any atom is 0.255 e. The molecule has 1 atom stereocenters. The lowest BCUT2D eigenvalue weighted by molar-refractivity contribution is -0.120. The van der Waals surface area contributed by atoms with Crippen LogP contribution in [0.15, 0.2) is 82.0 Å². The van der Waals surface area contributed by atoms with E-state index >= 15 is 0 Å². The molecule has 2 N–H and O–H groups in total. The van der Waals surface area contributed by atoms with E-state index in [4.69, 9.17) is 9.73 Å². The van der Waals surface area contributed by atoms with E-state index < -0.39 is 6.04 Å². The molecule has 2 amide bonds. The van der Waals surface area contributed by atoms with E-state index in [1.165, 1.54) is 11.8 Å². The topological polar surface area (TPSA) is 83.0 Å². The fraction of sp³-hybridized carbons (Fsp3) is 0.269. The minimum absolute atomic E-state index is 0.0176.